The summed E-state index contributed by atoms with van der Waals surface area (Å²) in [7, 11) is 4.30. The van der Waals surface area contributed by atoms with Gasteiger partial charge in [0.25, 0.3) is 0 Å². The van der Waals surface area contributed by atoms with Gasteiger partial charge in [-0.1, -0.05) is 6.07 Å². The lowest BCUT2D eigenvalue weighted by molar-refractivity contribution is 0.0558. The highest BCUT2D eigenvalue weighted by molar-refractivity contribution is 5.86. The standard InChI is InChI=1S/C15H16O6/c1-18-10-5-4-9(8-13(10)19-2)14(16)11-6-7-12(21-11)15(17)20-3/h4-8,14,16H,1-3H3. The van der Waals surface area contributed by atoms with Crippen LogP contribution >= 0.6 is 0 Å². The molecule has 1 atom stereocenters. The third-order valence-electron chi connectivity index (χ3n) is 3.01. The smallest absolute Gasteiger partial charge is 0.373 e. The van der Waals surface area contributed by atoms with E-state index >= 15 is 0 Å². The van der Waals surface area contributed by atoms with E-state index in [0.717, 1.165) is 0 Å². The Morgan fingerprint density at radius 3 is 2.43 bits per heavy atom. The lowest BCUT2D eigenvalue weighted by atomic mass is 10.1. The van der Waals surface area contributed by atoms with Crippen LogP contribution in [0.25, 0.3) is 0 Å². The summed E-state index contributed by atoms with van der Waals surface area (Å²) in [4.78, 5) is 11.3. The maximum absolute atomic E-state index is 11.3. The van der Waals surface area contributed by atoms with Crippen molar-refractivity contribution in [1.82, 2.24) is 0 Å². The van der Waals surface area contributed by atoms with Gasteiger partial charge in [0.15, 0.2) is 11.5 Å². The third-order valence-corrected chi connectivity index (χ3v) is 3.01. The molecular weight excluding hydrogens is 276 g/mol. The number of aliphatic hydroxyl groups is 1. The molecule has 0 saturated carbocycles. The van der Waals surface area contributed by atoms with Gasteiger partial charge in [-0.15, -0.1) is 0 Å². The molecular formula is C15H16O6. The first-order valence-corrected chi connectivity index (χ1v) is 6.18. The Hall–Kier alpha value is -2.47. The van der Waals surface area contributed by atoms with E-state index in [1.165, 1.54) is 33.5 Å². The van der Waals surface area contributed by atoms with E-state index in [4.69, 9.17) is 13.9 Å². The SMILES string of the molecule is COC(=O)c1ccc(C(O)c2ccc(OC)c(OC)c2)o1. The van der Waals surface area contributed by atoms with Gasteiger partial charge in [0, 0.05) is 0 Å². The van der Waals surface area contributed by atoms with Crippen molar-refractivity contribution in [2.75, 3.05) is 21.3 Å². The van der Waals surface area contributed by atoms with Crippen molar-refractivity contribution in [1.29, 1.82) is 0 Å². The summed E-state index contributed by atoms with van der Waals surface area (Å²) in [5.74, 6) is 0.729. The van der Waals surface area contributed by atoms with E-state index in [1.807, 2.05) is 0 Å². The summed E-state index contributed by atoms with van der Waals surface area (Å²) in [6.07, 6.45) is -1.02. The Morgan fingerprint density at radius 2 is 1.81 bits per heavy atom. The van der Waals surface area contributed by atoms with Crippen LogP contribution in [0.15, 0.2) is 34.7 Å². The number of carbonyl (C=O) groups excluding carboxylic acids is 1. The Morgan fingerprint density at radius 1 is 1.10 bits per heavy atom. The number of ether oxygens (including phenoxy) is 3. The lowest BCUT2D eigenvalue weighted by Crippen LogP contribution is -2.01. The van der Waals surface area contributed by atoms with Gasteiger partial charge in [0.1, 0.15) is 11.9 Å². The second kappa shape index (κ2) is 6.32. The first kappa shape index (κ1) is 14.9. The fourth-order valence-electron chi connectivity index (χ4n) is 1.90. The van der Waals surface area contributed by atoms with Gasteiger partial charge in [0.05, 0.1) is 21.3 Å². The zero-order chi connectivity index (χ0) is 15.4. The molecule has 1 N–H and O–H groups in total. The van der Waals surface area contributed by atoms with Crippen molar-refractivity contribution in [3.05, 3.63) is 47.4 Å². The van der Waals surface area contributed by atoms with Crippen LogP contribution < -0.4 is 9.47 Å². The van der Waals surface area contributed by atoms with Gasteiger partial charge in [-0.3, -0.25) is 0 Å². The number of furan rings is 1. The van der Waals surface area contributed by atoms with E-state index in [0.29, 0.717) is 17.1 Å². The van der Waals surface area contributed by atoms with Gasteiger partial charge >= 0.3 is 5.97 Å². The molecule has 0 amide bonds. The number of hydrogen-bond acceptors (Lipinski definition) is 6. The molecule has 0 aliphatic carbocycles. The summed E-state index contributed by atoms with van der Waals surface area (Å²) in [6.45, 7) is 0. The maximum atomic E-state index is 11.3. The first-order chi connectivity index (χ1) is 10.1. The lowest BCUT2D eigenvalue weighted by Gasteiger charge is -2.12. The Labute approximate surface area is 121 Å². The number of benzene rings is 1. The van der Waals surface area contributed by atoms with Crippen LogP contribution in [0.3, 0.4) is 0 Å². The van der Waals surface area contributed by atoms with Gasteiger partial charge in [-0.25, -0.2) is 4.79 Å². The summed E-state index contributed by atoms with van der Waals surface area (Å²) < 4.78 is 20.2. The minimum atomic E-state index is -1.02. The Kier molecular flexibility index (Phi) is 4.49. The van der Waals surface area contributed by atoms with Crippen molar-refractivity contribution in [3.8, 4) is 11.5 Å². The van der Waals surface area contributed by atoms with Crippen LogP contribution in [0, 0.1) is 0 Å². The van der Waals surface area contributed by atoms with E-state index in [9.17, 15) is 9.90 Å². The fraction of sp³-hybridized carbons (Fsp3) is 0.267. The molecule has 2 aromatic rings. The molecule has 1 aromatic carbocycles. The zero-order valence-corrected chi connectivity index (χ0v) is 12.0. The van der Waals surface area contributed by atoms with Gasteiger partial charge < -0.3 is 23.7 Å². The number of methoxy groups -OCH3 is 3. The molecule has 112 valence electrons. The molecule has 0 fully saturated rings. The predicted molar refractivity (Wildman–Crippen MR) is 73.7 cm³/mol. The minimum absolute atomic E-state index is 0.0343. The Balaban J connectivity index is 2.29. The molecule has 21 heavy (non-hydrogen) atoms. The highest BCUT2D eigenvalue weighted by Gasteiger charge is 2.19. The van der Waals surface area contributed by atoms with Crippen LogP contribution in [0.2, 0.25) is 0 Å². The van der Waals surface area contributed by atoms with E-state index in [-0.39, 0.29) is 11.5 Å². The quantitative estimate of drug-likeness (QED) is 0.851. The highest BCUT2D eigenvalue weighted by Crippen LogP contribution is 2.32. The topological polar surface area (TPSA) is 78.1 Å². The molecule has 2 rings (SSSR count). The molecule has 0 saturated heterocycles. The second-order valence-corrected chi connectivity index (χ2v) is 4.21. The van der Waals surface area contributed by atoms with E-state index in [2.05, 4.69) is 4.74 Å². The molecule has 0 aliphatic rings. The highest BCUT2D eigenvalue weighted by atomic mass is 16.5. The number of esters is 1. The van der Waals surface area contributed by atoms with Crippen LogP contribution in [0.1, 0.15) is 28.0 Å². The third kappa shape index (κ3) is 3.00. The molecule has 1 unspecified atom stereocenters. The van der Waals surface area contributed by atoms with Gasteiger partial charge in [0.2, 0.25) is 5.76 Å². The average molecular weight is 292 g/mol. The van der Waals surface area contributed by atoms with Crippen LogP contribution in [0.4, 0.5) is 0 Å². The predicted octanol–water partition coefficient (Wildman–Crippen LogP) is 2.17. The van der Waals surface area contributed by atoms with E-state index < -0.39 is 12.1 Å². The van der Waals surface area contributed by atoms with Crippen molar-refractivity contribution in [3.63, 3.8) is 0 Å². The normalized spacial score (nSPS) is 11.8. The van der Waals surface area contributed by atoms with Gasteiger partial charge in [-0.05, 0) is 29.8 Å². The number of carbonyl (C=O) groups is 1. The van der Waals surface area contributed by atoms with E-state index in [1.54, 1.807) is 18.2 Å². The van der Waals surface area contributed by atoms with Crippen LogP contribution in [-0.4, -0.2) is 32.4 Å². The largest absolute Gasteiger partial charge is 0.493 e. The monoisotopic (exact) mass is 292 g/mol. The molecule has 0 radical (unpaired) electrons. The molecule has 0 spiro atoms. The van der Waals surface area contributed by atoms with Gasteiger partial charge in [-0.2, -0.15) is 0 Å². The van der Waals surface area contributed by atoms with Crippen molar-refractivity contribution in [2.45, 2.75) is 6.10 Å². The molecule has 1 aromatic heterocycles. The summed E-state index contributed by atoms with van der Waals surface area (Å²) in [6, 6.07) is 7.98. The summed E-state index contributed by atoms with van der Waals surface area (Å²) in [5, 5.41) is 10.3. The van der Waals surface area contributed by atoms with Crippen molar-refractivity contribution < 1.29 is 28.5 Å². The summed E-state index contributed by atoms with van der Waals surface area (Å²) >= 11 is 0. The molecule has 6 heteroatoms. The Bertz CT molecular complexity index is 631. The first-order valence-electron chi connectivity index (χ1n) is 6.18. The summed E-state index contributed by atoms with van der Waals surface area (Å²) in [5.41, 5.74) is 0.554. The molecule has 0 aliphatic heterocycles. The molecule has 1 heterocycles. The minimum Gasteiger partial charge on any atom is -0.493 e. The van der Waals surface area contributed by atoms with Crippen molar-refractivity contribution >= 4 is 5.97 Å². The number of aliphatic hydroxyl groups excluding tert-OH is 1. The maximum Gasteiger partial charge on any atom is 0.373 e. The number of hydrogen-bond donors (Lipinski definition) is 1. The fourth-order valence-corrected chi connectivity index (χ4v) is 1.90. The molecule has 6 nitrogen and oxygen atoms in total. The average Bonchev–Trinajstić information content (AvgIpc) is 3.02. The second-order valence-electron chi connectivity index (χ2n) is 4.21. The molecule has 0 bridgehead atoms. The van der Waals surface area contributed by atoms with Crippen LogP contribution in [0.5, 0.6) is 11.5 Å². The van der Waals surface area contributed by atoms with Crippen LogP contribution in [-0.2, 0) is 4.74 Å². The zero-order valence-electron chi connectivity index (χ0n) is 12.0. The number of rotatable bonds is 5. The van der Waals surface area contributed by atoms with Crippen molar-refractivity contribution in [2.24, 2.45) is 0 Å².